The Hall–Kier alpha value is -3.06. The Balaban J connectivity index is 1.69. The fourth-order valence-electron chi connectivity index (χ4n) is 2.53. The molecule has 120 valence electrons. The van der Waals surface area contributed by atoms with Crippen molar-refractivity contribution in [2.75, 3.05) is 18.2 Å². The molecule has 0 radical (unpaired) electrons. The number of hydrogen-bond acceptors (Lipinski definition) is 6. The Morgan fingerprint density at radius 3 is 2.88 bits per heavy atom. The lowest BCUT2D eigenvalue weighted by molar-refractivity contribution is 0.1000. The number of nitrogens with zero attached hydrogens (tertiary/aromatic N) is 1. The van der Waals surface area contributed by atoms with Crippen LogP contribution in [-0.4, -0.2) is 18.0 Å². The second-order valence-electron chi connectivity index (χ2n) is 5.12. The van der Waals surface area contributed by atoms with Gasteiger partial charge in [-0.2, -0.15) is 0 Å². The maximum Gasteiger partial charge on any atom is 0.295 e. The highest BCUT2D eigenvalue weighted by Crippen LogP contribution is 2.33. The molecule has 0 aliphatic carbocycles. The molecule has 0 unspecified atom stereocenters. The number of nitrogens with one attached hydrogen (secondary N) is 1. The number of rotatable bonds is 3. The lowest BCUT2D eigenvalue weighted by Crippen LogP contribution is -2.12. The van der Waals surface area contributed by atoms with Gasteiger partial charge in [0.1, 0.15) is 16.8 Å². The van der Waals surface area contributed by atoms with Gasteiger partial charge in [-0.25, -0.2) is 4.98 Å². The summed E-state index contributed by atoms with van der Waals surface area (Å²) in [5.41, 5.74) is 7.63. The number of para-hydroxylation sites is 2. The molecule has 0 bridgehead atoms. The Morgan fingerprint density at radius 2 is 2.08 bits per heavy atom. The summed E-state index contributed by atoms with van der Waals surface area (Å²) in [5.74, 6) is 0.316. The van der Waals surface area contributed by atoms with E-state index in [1.807, 2.05) is 36.4 Å². The topological polar surface area (TPSA) is 90.4 Å². The summed E-state index contributed by atoms with van der Waals surface area (Å²) in [7, 11) is 1.58. The van der Waals surface area contributed by atoms with E-state index in [0.29, 0.717) is 33.1 Å². The number of amides is 1. The van der Waals surface area contributed by atoms with Gasteiger partial charge in [0.05, 0.1) is 17.5 Å². The molecule has 2 heterocycles. The summed E-state index contributed by atoms with van der Waals surface area (Å²) < 4.78 is 11.8. The first-order valence-corrected chi connectivity index (χ1v) is 8.01. The van der Waals surface area contributed by atoms with Gasteiger partial charge in [0.25, 0.3) is 5.91 Å². The third-order valence-corrected chi connectivity index (χ3v) is 4.60. The van der Waals surface area contributed by atoms with Crippen LogP contribution in [0.4, 0.5) is 10.8 Å². The third-order valence-electron chi connectivity index (χ3n) is 3.66. The first kappa shape index (κ1) is 14.5. The van der Waals surface area contributed by atoms with E-state index < -0.39 is 5.91 Å². The Labute approximate surface area is 140 Å². The lowest BCUT2D eigenvalue weighted by Gasteiger charge is -1.99. The number of carbonyl (C=O) groups excluding carboxylic acids is 1. The number of fused-ring (bicyclic) bond motifs is 2. The highest BCUT2D eigenvalue weighted by atomic mass is 32.1. The molecule has 0 saturated carbocycles. The van der Waals surface area contributed by atoms with E-state index in [0.717, 1.165) is 4.70 Å². The van der Waals surface area contributed by atoms with E-state index in [2.05, 4.69) is 10.3 Å². The van der Waals surface area contributed by atoms with Crippen molar-refractivity contribution in [1.82, 2.24) is 4.98 Å². The molecule has 1 amide bonds. The number of carbonyl (C=O) groups is 1. The fourth-order valence-corrected chi connectivity index (χ4v) is 3.41. The minimum absolute atomic E-state index is 0.0856. The molecular formula is C17H13N3O3S. The zero-order valence-electron chi connectivity index (χ0n) is 12.7. The zero-order valence-corrected chi connectivity index (χ0v) is 13.5. The van der Waals surface area contributed by atoms with Gasteiger partial charge in [-0.1, -0.05) is 29.5 Å². The van der Waals surface area contributed by atoms with E-state index in [-0.39, 0.29) is 5.76 Å². The van der Waals surface area contributed by atoms with Gasteiger partial charge in [0, 0.05) is 5.39 Å². The molecule has 0 fully saturated rings. The molecule has 24 heavy (non-hydrogen) atoms. The summed E-state index contributed by atoms with van der Waals surface area (Å²) in [6.07, 6.45) is 0. The monoisotopic (exact) mass is 339 g/mol. The second kappa shape index (κ2) is 5.54. The van der Waals surface area contributed by atoms with Gasteiger partial charge in [-0.15, -0.1) is 0 Å². The fraction of sp³-hybridized carbons (Fsp3) is 0.0588. The van der Waals surface area contributed by atoms with Crippen molar-refractivity contribution >= 4 is 49.2 Å². The molecule has 0 spiro atoms. The third kappa shape index (κ3) is 2.26. The normalized spacial score (nSPS) is 11.0. The van der Waals surface area contributed by atoms with Gasteiger partial charge in [-0.05, 0) is 24.3 Å². The number of ether oxygens (including phenoxy) is 1. The maximum atomic E-state index is 12.5. The summed E-state index contributed by atoms with van der Waals surface area (Å²) in [5, 5.41) is 3.91. The van der Waals surface area contributed by atoms with Gasteiger partial charge in [-0.3, -0.25) is 10.1 Å². The van der Waals surface area contributed by atoms with E-state index in [1.165, 1.54) is 11.3 Å². The number of nitrogens with two attached hydrogens (primary N) is 1. The molecule has 4 rings (SSSR count). The van der Waals surface area contributed by atoms with Crippen LogP contribution in [0.2, 0.25) is 0 Å². The van der Waals surface area contributed by atoms with Crippen molar-refractivity contribution in [2.45, 2.75) is 0 Å². The largest absolute Gasteiger partial charge is 0.494 e. The van der Waals surface area contributed by atoms with Gasteiger partial charge < -0.3 is 14.9 Å². The summed E-state index contributed by atoms with van der Waals surface area (Å²) >= 11 is 1.36. The molecule has 0 aliphatic heterocycles. The van der Waals surface area contributed by atoms with Gasteiger partial charge in [0.2, 0.25) is 5.76 Å². The molecule has 7 heteroatoms. The first-order chi connectivity index (χ1) is 11.7. The average Bonchev–Trinajstić information content (AvgIpc) is 3.15. The van der Waals surface area contributed by atoms with Crippen molar-refractivity contribution in [3.05, 3.63) is 48.2 Å². The van der Waals surface area contributed by atoms with Crippen LogP contribution in [0, 0.1) is 0 Å². The van der Waals surface area contributed by atoms with Crippen LogP contribution in [0.25, 0.3) is 21.2 Å². The predicted octanol–water partition coefficient (Wildman–Crippen LogP) is 3.89. The van der Waals surface area contributed by atoms with Crippen LogP contribution >= 0.6 is 11.3 Å². The Bertz CT molecular complexity index is 1070. The maximum absolute atomic E-state index is 12.5. The molecule has 0 aliphatic rings. The summed E-state index contributed by atoms with van der Waals surface area (Å²) in [6.45, 7) is 0. The number of methoxy groups -OCH3 is 1. The van der Waals surface area contributed by atoms with Crippen molar-refractivity contribution in [3.8, 4) is 5.75 Å². The molecular weight excluding hydrogens is 326 g/mol. The molecule has 0 saturated heterocycles. The molecule has 6 nitrogen and oxygen atoms in total. The highest BCUT2D eigenvalue weighted by Gasteiger charge is 2.20. The molecule has 2 aromatic heterocycles. The number of furan rings is 1. The van der Waals surface area contributed by atoms with Crippen molar-refractivity contribution in [2.24, 2.45) is 0 Å². The van der Waals surface area contributed by atoms with Crippen molar-refractivity contribution < 1.29 is 13.9 Å². The van der Waals surface area contributed by atoms with Crippen LogP contribution in [0.3, 0.4) is 0 Å². The number of hydrogen-bond donors (Lipinski definition) is 2. The first-order valence-electron chi connectivity index (χ1n) is 7.19. The number of benzene rings is 2. The minimum atomic E-state index is -0.429. The van der Waals surface area contributed by atoms with Crippen LogP contribution in [0.1, 0.15) is 10.6 Å². The summed E-state index contributed by atoms with van der Waals surface area (Å²) in [4.78, 5) is 16.9. The highest BCUT2D eigenvalue weighted by molar-refractivity contribution is 7.22. The van der Waals surface area contributed by atoms with Gasteiger partial charge >= 0.3 is 0 Å². The van der Waals surface area contributed by atoms with Crippen LogP contribution in [0.15, 0.2) is 46.9 Å². The van der Waals surface area contributed by atoms with Crippen molar-refractivity contribution in [3.63, 3.8) is 0 Å². The Kier molecular flexibility index (Phi) is 3.35. The molecule has 3 N–H and O–H groups in total. The number of anilines is 2. The van der Waals surface area contributed by atoms with Crippen molar-refractivity contribution in [1.29, 1.82) is 0 Å². The van der Waals surface area contributed by atoms with Crippen LogP contribution in [-0.2, 0) is 0 Å². The standard InChI is InChI=1S/C17H13N3O3S/c1-22-11-7-4-8-12-14(11)19-17(24-12)20-16(21)15-13(18)9-5-2-3-6-10(9)23-15/h2-8H,18H2,1H3,(H,19,20,21). The number of nitrogen functional groups attached to an aromatic ring is 1. The van der Waals surface area contributed by atoms with E-state index in [1.54, 1.807) is 13.2 Å². The average molecular weight is 339 g/mol. The quantitative estimate of drug-likeness (QED) is 0.591. The van der Waals surface area contributed by atoms with E-state index in [4.69, 9.17) is 14.9 Å². The van der Waals surface area contributed by atoms with Crippen LogP contribution in [0.5, 0.6) is 5.75 Å². The predicted molar refractivity (Wildman–Crippen MR) is 94.8 cm³/mol. The zero-order chi connectivity index (χ0) is 16.7. The molecule has 0 atom stereocenters. The van der Waals surface area contributed by atoms with Crippen LogP contribution < -0.4 is 15.8 Å². The second-order valence-corrected chi connectivity index (χ2v) is 6.15. The van der Waals surface area contributed by atoms with Gasteiger partial charge in [0.15, 0.2) is 5.13 Å². The molecule has 2 aromatic carbocycles. The smallest absolute Gasteiger partial charge is 0.295 e. The minimum Gasteiger partial charge on any atom is -0.494 e. The number of aromatic nitrogens is 1. The van der Waals surface area contributed by atoms with E-state index in [9.17, 15) is 4.79 Å². The SMILES string of the molecule is COc1cccc2sc(NC(=O)c3oc4ccccc4c3N)nc12. The summed E-state index contributed by atoms with van der Waals surface area (Å²) in [6, 6.07) is 12.9. The Morgan fingerprint density at radius 1 is 1.25 bits per heavy atom. The lowest BCUT2D eigenvalue weighted by atomic mass is 10.2. The molecule has 4 aromatic rings. The van der Waals surface area contributed by atoms with E-state index >= 15 is 0 Å². The number of thiazole rings is 1.